The Morgan fingerprint density at radius 1 is 1.38 bits per heavy atom. The number of halogens is 2. The molecule has 0 amide bonds. The number of alkyl halides is 2. The Bertz CT molecular complexity index is 400. The van der Waals surface area contributed by atoms with Crippen molar-refractivity contribution in [2.75, 3.05) is 0 Å². The van der Waals surface area contributed by atoms with Gasteiger partial charge in [0.25, 0.3) is 5.92 Å². The number of aryl methyl sites for hydroxylation is 2. The molecule has 0 aliphatic heterocycles. The summed E-state index contributed by atoms with van der Waals surface area (Å²) in [6.45, 7) is 3.56. The van der Waals surface area contributed by atoms with Gasteiger partial charge in [-0.25, -0.2) is 8.78 Å². The maximum absolute atomic E-state index is 13.3. The monoisotopic (exact) mass is 228 g/mol. The van der Waals surface area contributed by atoms with Gasteiger partial charge in [0.15, 0.2) is 0 Å². The third-order valence-electron chi connectivity index (χ3n) is 2.36. The van der Waals surface area contributed by atoms with Crippen LogP contribution in [0, 0.1) is 13.8 Å². The molecule has 1 rings (SSSR count). The lowest BCUT2D eigenvalue weighted by Crippen LogP contribution is -2.24. The number of hydrogen-bond acceptors (Lipinski definition) is 1. The normalized spacial score (nSPS) is 11.5. The van der Waals surface area contributed by atoms with E-state index in [4.69, 9.17) is 5.11 Å². The van der Waals surface area contributed by atoms with E-state index in [1.165, 1.54) is 0 Å². The van der Waals surface area contributed by atoms with E-state index >= 15 is 0 Å². The highest BCUT2D eigenvalue weighted by Gasteiger charge is 2.32. The molecule has 1 N–H and O–H groups in total. The minimum atomic E-state index is -3.19. The number of carbonyl (C=O) groups is 1. The number of aliphatic carboxylic acids is 1. The van der Waals surface area contributed by atoms with Gasteiger partial charge in [-0.3, -0.25) is 4.79 Å². The van der Waals surface area contributed by atoms with Gasteiger partial charge < -0.3 is 5.11 Å². The van der Waals surface area contributed by atoms with Crippen molar-refractivity contribution >= 4 is 5.97 Å². The molecular formula is C12H14F2O2. The Labute approximate surface area is 92.9 Å². The Morgan fingerprint density at radius 3 is 2.56 bits per heavy atom. The van der Waals surface area contributed by atoms with Gasteiger partial charge in [0, 0.05) is 6.42 Å². The van der Waals surface area contributed by atoms with Gasteiger partial charge in [-0.2, -0.15) is 0 Å². The summed E-state index contributed by atoms with van der Waals surface area (Å²) in [7, 11) is 0. The molecule has 1 aromatic rings. The lowest BCUT2D eigenvalue weighted by Gasteiger charge is -2.15. The smallest absolute Gasteiger partial charge is 0.309 e. The first kappa shape index (κ1) is 12.6. The Morgan fingerprint density at radius 2 is 2.00 bits per heavy atom. The largest absolute Gasteiger partial charge is 0.481 e. The Hall–Kier alpha value is -1.45. The van der Waals surface area contributed by atoms with E-state index < -0.39 is 24.7 Å². The van der Waals surface area contributed by atoms with Gasteiger partial charge in [0.1, 0.15) is 6.42 Å². The highest BCUT2D eigenvalue weighted by Crippen LogP contribution is 2.26. The summed E-state index contributed by atoms with van der Waals surface area (Å²) >= 11 is 0. The van der Waals surface area contributed by atoms with Crippen LogP contribution >= 0.6 is 0 Å². The van der Waals surface area contributed by atoms with Crippen molar-refractivity contribution in [2.45, 2.75) is 32.6 Å². The van der Waals surface area contributed by atoms with E-state index in [1.807, 2.05) is 13.0 Å². The van der Waals surface area contributed by atoms with Crippen molar-refractivity contribution in [2.24, 2.45) is 0 Å². The van der Waals surface area contributed by atoms with E-state index in [0.717, 1.165) is 11.1 Å². The van der Waals surface area contributed by atoms with E-state index in [0.29, 0.717) is 5.56 Å². The summed E-state index contributed by atoms with van der Waals surface area (Å²) in [5, 5.41) is 8.37. The first-order valence-electron chi connectivity index (χ1n) is 4.96. The highest BCUT2D eigenvalue weighted by atomic mass is 19.3. The van der Waals surface area contributed by atoms with Crippen molar-refractivity contribution in [1.82, 2.24) is 0 Å². The molecule has 0 atom stereocenters. The minimum Gasteiger partial charge on any atom is -0.481 e. The molecule has 0 saturated carbocycles. The van der Waals surface area contributed by atoms with Crippen LogP contribution in [0.5, 0.6) is 0 Å². The van der Waals surface area contributed by atoms with E-state index in [1.54, 1.807) is 19.1 Å². The first-order chi connectivity index (χ1) is 7.30. The van der Waals surface area contributed by atoms with Crippen molar-refractivity contribution in [3.63, 3.8) is 0 Å². The fraction of sp³-hybridized carbons (Fsp3) is 0.417. The zero-order valence-corrected chi connectivity index (χ0v) is 9.26. The van der Waals surface area contributed by atoms with Crippen LogP contribution in [0.2, 0.25) is 0 Å². The Kier molecular flexibility index (Phi) is 3.62. The van der Waals surface area contributed by atoms with Gasteiger partial charge >= 0.3 is 5.97 Å². The van der Waals surface area contributed by atoms with E-state index in [9.17, 15) is 13.6 Å². The molecule has 0 radical (unpaired) electrons. The van der Waals surface area contributed by atoms with Crippen molar-refractivity contribution in [1.29, 1.82) is 0 Å². The van der Waals surface area contributed by atoms with Crippen LogP contribution in [0.4, 0.5) is 8.78 Å². The molecule has 0 bridgehead atoms. The molecule has 0 fully saturated rings. The molecule has 0 heterocycles. The molecule has 88 valence electrons. The maximum atomic E-state index is 13.3. The lowest BCUT2D eigenvalue weighted by atomic mass is 9.98. The van der Waals surface area contributed by atoms with Gasteiger partial charge in [-0.05, 0) is 25.0 Å². The van der Waals surface area contributed by atoms with Gasteiger partial charge in [-0.15, -0.1) is 0 Å². The van der Waals surface area contributed by atoms with E-state index in [-0.39, 0.29) is 0 Å². The zero-order chi connectivity index (χ0) is 12.3. The lowest BCUT2D eigenvalue weighted by molar-refractivity contribution is -0.144. The third kappa shape index (κ3) is 3.61. The average molecular weight is 228 g/mol. The summed E-state index contributed by atoms with van der Waals surface area (Å²) < 4.78 is 26.6. The molecule has 0 aliphatic rings. The maximum Gasteiger partial charge on any atom is 0.309 e. The molecule has 1 aromatic carbocycles. The standard InChI is InChI=1S/C12H14F2O2/c1-8-3-4-9(2)10(5-8)6-12(13,14)7-11(15)16/h3-5H,6-7H2,1-2H3,(H,15,16). The highest BCUT2D eigenvalue weighted by molar-refractivity contribution is 5.67. The number of rotatable bonds is 4. The third-order valence-corrected chi connectivity index (χ3v) is 2.36. The van der Waals surface area contributed by atoms with Crippen molar-refractivity contribution in [3.8, 4) is 0 Å². The molecule has 0 spiro atoms. The van der Waals surface area contributed by atoms with Gasteiger partial charge in [0.05, 0.1) is 0 Å². The van der Waals surface area contributed by atoms with Crippen LogP contribution < -0.4 is 0 Å². The Balaban J connectivity index is 2.86. The molecule has 4 heteroatoms. The van der Waals surface area contributed by atoms with Crippen LogP contribution in [-0.4, -0.2) is 17.0 Å². The molecule has 16 heavy (non-hydrogen) atoms. The van der Waals surface area contributed by atoms with Crippen LogP contribution in [0.1, 0.15) is 23.1 Å². The fourth-order valence-electron chi connectivity index (χ4n) is 1.55. The van der Waals surface area contributed by atoms with Crippen LogP contribution in [0.3, 0.4) is 0 Å². The molecule has 0 aromatic heterocycles. The second-order valence-electron chi connectivity index (χ2n) is 4.03. The summed E-state index contributed by atoms with van der Waals surface area (Å²) in [4.78, 5) is 10.3. The molecule has 2 nitrogen and oxygen atoms in total. The molecule has 0 unspecified atom stereocenters. The van der Waals surface area contributed by atoms with Crippen LogP contribution in [0.25, 0.3) is 0 Å². The SMILES string of the molecule is Cc1ccc(C)c(CC(F)(F)CC(=O)O)c1. The van der Waals surface area contributed by atoms with Crippen molar-refractivity contribution in [3.05, 3.63) is 34.9 Å². The minimum absolute atomic E-state index is 0.506. The van der Waals surface area contributed by atoms with Crippen LogP contribution in [0.15, 0.2) is 18.2 Å². The number of carboxylic acids is 1. The predicted octanol–water partition coefficient (Wildman–Crippen LogP) is 2.96. The number of carboxylic acid groups (broad SMARTS) is 1. The van der Waals surface area contributed by atoms with Crippen molar-refractivity contribution < 1.29 is 18.7 Å². The average Bonchev–Trinajstić information content (AvgIpc) is 2.08. The second kappa shape index (κ2) is 4.60. The fourth-order valence-corrected chi connectivity index (χ4v) is 1.55. The summed E-state index contributed by atoms with van der Waals surface area (Å²) in [6, 6.07) is 5.28. The van der Waals surface area contributed by atoms with Gasteiger partial charge in [0.2, 0.25) is 0 Å². The first-order valence-corrected chi connectivity index (χ1v) is 4.96. The molecule has 0 saturated heterocycles. The molecular weight excluding hydrogens is 214 g/mol. The number of hydrogen-bond donors (Lipinski definition) is 1. The summed E-state index contributed by atoms with van der Waals surface area (Å²) in [5.74, 6) is -4.67. The quantitative estimate of drug-likeness (QED) is 0.860. The second-order valence-corrected chi connectivity index (χ2v) is 4.03. The summed E-state index contributed by atoms with van der Waals surface area (Å²) in [6.07, 6.45) is -1.65. The zero-order valence-electron chi connectivity index (χ0n) is 9.26. The van der Waals surface area contributed by atoms with Gasteiger partial charge in [-0.1, -0.05) is 23.8 Å². The van der Waals surface area contributed by atoms with E-state index in [2.05, 4.69) is 0 Å². The van der Waals surface area contributed by atoms with Crippen LogP contribution in [-0.2, 0) is 11.2 Å². The number of benzene rings is 1. The molecule has 0 aliphatic carbocycles. The topological polar surface area (TPSA) is 37.3 Å². The predicted molar refractivity (Wildman–Crippen MR) is 56.8 cm³/mol. The summed E-state index contributed by atoms with van der Waals surface area (Å²) in [5.41, 5.74) is 2.16.